The second kappa shape index (κ2) is 12.7. The van der Waals surface area contributed by atoms with Crippen LogP contribution in [-0.2, 0) is 21.1 Å². The van der Waals surface area contributed by atoms with E-state index in [0.717, 1.165) is 33.4 Å². The molecule has 0 aliphatic heterocycles. The van der Waals surface area contributed by atoms with E-state index in [1.54, 1.807) is 12.4 Å². The second-order valence-electron chi connectivity index (χ2n) is 9.31. The van der Waals surface area contributed by atoms with Gasteiger partial charge in [0.05, 0.1) is 0 Å². The van der Waals surface area contributed by atoms with E-state index < -0.39 is 0 Å². The van der Waals surface area contributed by atoms with Crippen LogP contribution in [-0.4, -0.2) is 22.6 Å². The standard InChI is InChI=1S/C32H32N2O2.Pt/c1-21-15-23(3)31(35)27(17-21)19-33-29(25-11-7-5-8-12-25)30(26-13-9-6-10-14-26)34-20-28-18-22(2)16-24(4)32(28)36;/h5-20,29-30,35-36H,1-4H3;. The Morgan fingerprint density at radius 1 is 0.568 bits per heavy atom. The Balaban J connectivity index is 0.00000380. The first-order chi connectivity index (χ1) is 17.3. The molecular formula is C32H32N2O2Pt. The van der Waals surface area contributed by atoms with Gasteiger partial charge in [-0.05, 0) is 73.2 Å². The van der Waals surface area contributed by atoms with E-state index in [4.69, 9.17) is 9.98 Å². The van der Waals surface area contributed by atoms with Gasteiger partial charge in [0.2, 0.25) is 0 Å². The van der Waals surface area contributed by atoms with Crippen LogP contribution in [0.2, 0.25) is 0 Å². The maximum atomic E-state index is 10.6. The Morgan fingerprint density at radius 2 is 0.919 bits per heavy atom. The van der Waals surface area contributed by atoms with Crippen LogP contribution in [0.3, 0.4) is 0 Å². The van der Waals surface area contributed by atoms with Crippen LogP contribution in [0.15, 0.2) is 94.9 Å². The molecule has 37 heavy (non-hydrogen) atoms. The van der Waals surface area contributed by atoms with Gasteiger partial charge in [-0.25, -0.2) is 0 Å². The van der Waals surface area contributed by atoms with Crippen LogP contribution in [0.5, 0.6) is 11.5 Å². The summed E-state index contributed by atoms with van der Waals surface area (Å²) in [4.78, 5) is 9.99. The Bertz CT molecular complexity index is 1290. The van der Waals surface area contributed by atoms with Gasteiger partial charge in [0.15, 0.2) is 0 Å². The predicted octanol–water partition coefficient (Wildman–Crippen LogP) is 7.35. The van der Waals surface area contributed by atoms with Crippen molar-refractivity contribution in [3.63, 3.8) is 0 Å². The van der Waals surface area contributed by atoms with Crippen LogP contribution in [0.1, 0.15) is 56.6 Å². The molecule has 0 heterocycles. The molecule has 4 aromatic rings. The topological polar surface area (TPSA) is 65.2 Å². The summed E-state index contributed by atoms with van der Waals surface area (Å²) in [5.41, 5.74) is 7.12. The van der Waals surface area contributed by atoms with Crippen molar-refractivity contribution in [1.29, 1.82) is 0 Å². The van der Waals surface area contributed by atoms with Gasteiger partial charge in [-0.2, -0.15) is 0 Å². The van der Waals surface area contributed by atoms with Gasteiger partial charge in [-0.15, -0.1) is 0 Å². The van der Waals surface area contributed by atoms with Crippen molar-refractivity contribution < 1.29 is 31.3 Å². The monoisotopic (exact) mass is 671 g/mol. The minimum atomic E-state index is -0.349. The molecule has 0 fully saturated rings. The van der Waals surface area contributed by atoms with Crippen molar-refractivity contribution in [3.05, 3.63) is 129 Å². The molecule has 0 bridgehead atoms. The molecule has 0 saturated carbocycles. The molecule has 0 aromatic heterocycles. The number of phenolic OH excluding ortho intramolecular Hbond substituents is 2. The number of benzene rings is 4. The van der Waals surface area contributed by atoms with Crippen molar-refractivity contribution in [1.82, 2.24) is 0 Å². The maximum absolute atomic E-state index is 10.6. The fraction of sp³-hybridized carbons (Fsp3) is 0.188. The van der Waals surface area contributed by atoms with Gasteiger partial charge in [0, 0.05) is 44.6 Å². The number of phenols is 2. The summed E-state index contributed by atoms with van der Waals surface area (Å²) in [6, 6.07) is 27.2. The van der Waals surface area contributed by atoms with Gasteiger partial charge < -0.3 is 10.2 Å². The normalized spacial score (nSPS) is 13.0. The summed E-state index contributed by atoms with van der Waals surface area (Å²) in [6.45, 7) is 7.79. The van der Waals surface area contributed by atoms with Gasteiger partial charge in [0.1, 0.15) is 23.6 Å². The fourth-order valence-corrected chi connectivity index (χ4v) is 4.50. The predicted molar refractivity (Wildman–Crippen MR) is 149 cm³/mol. The summed E-state index contributed by atoms with van der Waals surface area (Å²) in [7, 11) is 0. The maximum Gasteiger partial charge on any atom is 0.127 e. The Morgan fingerprint density at radius 3 is 1.27 bits per heavy atom. The first kappa shape index (κ1) is 28.1. The van der Waals surface area contributed by atoms with Gasteiger partial charge >= 0.3 is 0 Å². The first-order valence-electron chi connectivity index (χ1n) is 12.1. The zero-order valence-corrected chi connectivity index (χ0v) is 23.8. The van der Waals surface area contributed by atoms with E-state index in [1.807, 2.05) is 113 Å². The molecule has 4 nitrogen and oxygen atoms in total. The summed E-state index contributed by atoms with van der Waals surface area (Å²) in [5, 5.41) is 21.3. The van der Waals surface area contributed by atoms with E-state index in [2.05, 4.69) is 0 Å². The Labute approximate surface area is 233 Å². The molecule has 192 valence electrons. The number of rotatable bonds is 7. The molecule has 4 aromatic carbocycles. The molecule has 2 unspecified atom stereocenters. The van der Waals surface area contributed by atoms with Crippen LogP contribution in [0, 0.1) is 27.7 Å². The van der Waals surface area contributed by atoms with Crippen LogP contribution < -0.4 is 0 Å². The van der Waals surface area contributed by atoms with Gasteiger partial charge in [-0.1, -0.05) is 72.8 Å². The molecule has 0 spiro atoms. The molecule has 0 radical (unpaired) electrons. The largest absolute Gasteiger partial charge is 0.507 e. The summed E-state index contributed by atoms with van der Waals surface area (Å²) in [6.07, 6.45) is 3.49. The van der Waals surface area contributed by atoms with Crippen molar-refractivity contribution >= 4 is 12.4 Å². The fourth-order valence-electron chi connectivity index (χ4n) is 4.50. The van der Waals surface area contributed by atoms with E-state index in [-0.39, 0.29) is 44.6 Å². The number of aromatic hydroxyl groups is 2. The Kier molecular flexibility index (Phi) is 9.60. The molecule has 2 atom stereocenters. The average Bonchev–Trinajstić information content (AvgIpc) is 2.87. The quantitative estimate of drug-likeness (QED) is 0.202. The van der Waals surface area contributed by atoms with Crippen molar-refractivity contribution in [2.75, 3.05) is 0 Å². The number of nitrogens with zero attached hydrogens (tertiary/aromatic N) is 2. The van der Waals surface area contributed by atoms with Crippen LogP contribution in [0.25, 0.3) is 0 Å². The SMILES string of the molecule is Cc1cc(C)c(O)c(C=NC(c2ccccc2)C(N=Cc2cc(C)cc(C)c2O)c2ccccc2)c1.[Pt]. The Hall–Kier alpha value is -3.49. The van der Waals surface area contributed by atoms with Crippen molar-refractivity contribution in [2.45, 2.75) is 39.8 Å². The molecule has 2 N–H and O–H groups in total. The third-order valence-corrected chi connectivity index (χ3v) is 6.28. The summed E-state index contributed by atoms with van der Waals surface area (Å²) < 4.78 is 0. The molecule has 5 heteroatoms. The number of hydrogen-bond acceptors (Lipinski definition) is 4. The smallest absolute Gasteiger partial charge is 0.127 e. The molecular weight excluding hydrogens is 639 g/mol. The summed E-state index contributed by atoms with van der Waals surface area (Å²) >= 11 is 0. The van der Waals surface area contributed by atoms with E-state index in [0.29, 0.717) is 11.1 Å². The number of aliphatic imine (C=N–C) groups is 2. The number of hydrogen-bond donors (Lipinski definition) is 2. The minimum absolute atomic E-state index is 0. The molecule has 0 aliphatic rings. The number of aryl methyl sites for hydroxylation is 4. The minimum Gasteiger partial charge on any atom is -0.507 e. The second-order valence-corrected chi connectivity index (χ2v) is 9.31. The summed E-state index contributed by atoms with van der Waals surface area (Å²) in [5.74, 6) is 0.465. The first-order valence-corrected chi connectivity index (χ1v) is 12.1. The third kappa shape index (κ3) is 6.84. The molecule has 0 amide bonds. The van der Waals surface area contributed by atoms with Gasteiger partial charge in [-0.3, -0.25) is 9.98 Å². The van der Waals surface area contributed by atoms with E-state index in [1.165, 1.54) is 0 Å². The third-order valence-electron chi connectivity index (χ3n) is 6.28. The van der Waals surface area contributed by atoms with Crippen molar-refractivity contribution in [3.8, 4) is 11.5 Å². The van der Waals surface area contributed by atoms with E-state index >= 15 is 0 Å². The zero-order chi connectivity index (χ0) is 25.7. The van der Waals surface area contributed by atoms with Crippen molar-refractivity contribution in [2.24, 2.45) is 9.98 Å². The molecule has 0 aliphatic carbocycles. The van der Waals surface area contributed by atoms with Crippen LogP contribution in [0.4, 0.5) is 0 Å². The van der Waals surface area contributed by atoms with Crippen LogP contribution >= 0.6 is 0 Å². The zero-order valence-electron chi connectivity index (χ0n) is 21.5. The van der Waals surface area contributed by atoms with Gasteiger partial charge in [0.25, 0.3) is 0 Å². The molecule has 0 saturated heterocycles. The van der Waals surface area contributed by atoms with E-state index in [9.17, 15) is 10.2 Å². The average molecular weight is 672 g/mol. The molecule has 4 rings (SSSR count).